The monoisotopic (exact) mass is 361 g/mol. The molecule has 1 heterocycles. The molecular weight excluding hydrogens is 345 g/mol. The predicted octanol–water partition coefficient (Wildman–Crippen LogP) is 4.62. The van der Waals surface area contributed by atoms with Gasteiger partial charge in [0.05, 0.1) is 34.3 Å². The second kappa shape index (κ2) is 6.93. The third-order valence-corrected chi connectivity index (χ3v) is 4.22. The van der Waals surface area contributed by atoms with E-state index >= 15 is 0 Å². The number of fused-ring (bicyclic) bond motifs is 1. The van der Waals surface area contributed by atoms with Crippen molar-refractivity contribution in [2.24, 2.45) is 15.7 Å². The lowest BCUT2D eigenvalue weighted by atomic mass is 9.99. The van der Waals surface area contributed by atoms with Crippen LogP contribution in [-0.4, -0.2) is 24.2 Å². The summed E-state index contributed by atoms with van der Waals surface area (Å²) >= 11 is 12.6. The van der Waals surface area contributed by atoms with Crippen LogP contribution in [0.2, 0.25) is 10.0 Å². The topological polar surface area (TPSA) is 60.0 Å². The summed E-state index contributed by atoms with van der Waals surface area (Å²) in [5.41, 5.74) is 9.89. The number of ether oxygens (including phenoxy) is 1. The molecule has 2 aromatic rings. The second-order valence-corrected chi connectivity index (χ2v) is 6.23. The first-order chi connectivity index (χ1) is 11.5. The molecule has 0 aliphatic carbocycles. The fourth-order valence-corrected chi connectivity index (χ4v) is 3.14. The minimum Gasteiger partial charge on any atom is -0.493 e. The van der Waals surface area contributed by atoms with Crippen molar-refractivity contribution in [1.82, 2.24) is 0 Å². The highest BCUT2D eigenvalue weighted by Crippen LogP contribution is 2.36. The number of halogens is 2. The fraction of sp³-hybridized carbons (Fsp3) is 0.222. The van der Waals surface area contributed by atoms with E-state index in [1.165, 1.54) is 0 Å². The Hall–Kier alpha value is -1.88. The zero-order valence-corrected chi connectivity index (χ0v) is 14.9. The first-order valence-corrected chi connectivity index (χ1v) is 8.37. The van der Waals surface area contributed by atoms with E-state index in [4.69, 9.17) is 33.7 Å². The van der Waals surface area contributed by atoms with Gasteiger partial charge >= 0.3 is 0 Å². The molecule has 2 aromatic carbocycles. The summed E-state index contributed by atoms with van der Waals surface area (Å²) in [5.74, 6) is 0.579. The maximum absolute atomic E-state index is 6.48. The Morgan fingerprint density at radius 3 is 2.71 bits per heavy atom. The van der Waals surface area contributed by atoms with Crippen molar-refractivity contribution in [2.45, 2.75) is 20.0 Å². The van der Waals surface area contributed by atoms with Gasteiger partial charge in [0.25, 0.3) is 0 Å². The molecule has 0 saturated carbocycles. The maximum Gasteiger partial charge on any atom is 0.136 e. The summed E-state index contributed by atoms with van der Waals surface area (Å²) in [7, 11) is 0. The van der Waals surface area contributed by atoms with Crippen molar-refractivity contribution in [2.75, 3.05) is 6.61 Å². The van der Waals surface area contributed by atoms with E-state index < -0.39 is 6.17 Å². The van der Waals surface area contributed by atoms with Crippen LogP contribution in [0.25, 0.3) is 0 Å². The van der Waals surface area contributed by atoms with Gasteiger partial charge in [0, 0.05) is 10.6 Å². The van der Waals surface area contributed by atoms with Crippen LogP contribution >= 0.6 is 23.2 Å². The number of hydrogen-bond donors (Lipinski definition) is 1. The quantitative estimate of drug-likeness (QED) is 0.866. The van der Waals surface area contributed by atoms with Crippen LogP contribution in [0.5, 0.6) is 5.75 Å². The van der Waals surface area contributed by atoms with Crippen molar-refractivity contribution < 1.29 is 4.74 Å². The number of rotatable bonds is 3. The number of hydrogen-bond acceptors (Lipinski definition) is 4. The van der Waals surface area contributed by atoms with E-state index in [2.05, 4.69) is 9.98 Å². The van der Waals surface area contributed by atoms with Crippen molar-refractivity contribution in [3.05, 3.63) is 57.6 Å². The Balaban J connectivity index is 2.29. The van der Waals surface area contributed by atoms with Gasteiger partial charge in [-0.3, -0.25) is 9.98 Å². The van der Waals surface area contributed by atoms with Crippen LogP contribution in [0.3, 0.4) is 0 Å². The molecule has 0 radical (unpaired) electrons. The van der Waals surface area contributed by atoms with Gasteiger partial charge in [-0.15, -0.1) is 0 Å². The molecule has 0 aromatic heterocycles. The average molecular weight is 362 g/mol. The summed E-state index contributed by atoms with van der Waals surface area (Å²) in [4.78, 5) is 9.24. The third kappa shape index (κ3) is 3.18. The Labute approximate surface area is 151 Å². The summed E-state index contributed by atoms with van der Waals surface area (Å²) in [6, 6.07) is 11.1. The lowest BCUT2D eigenvalue weighted by Crippen LogP contribution is -2.27. The predicted molar refractivity (Wildman–Crippen MR) is 100 cm³/mol. The van der Waals surface area contributed by atoms with Crippen LogP contribution in [0, 0.1) is 0 Å². The fourth-order valence-electron chi connectivity index (χ4n) is 2.58. The van der Waals surface area contributed by atoms with Crippen molar-refractivity contribution in [3.8, 4) is 5.75 Å². The van der Waals surface area contributed by atoms with Crippen LogP contribution in [0.1, 0.15) is 25.0 Å². The number of nitrogens with two attached hydrogens (primary N) is 1. The van der Waals surface area contributed by atoms with Crippen LogP contribution in [-0.2, 0) is 0 Å². The normalized spacial score (nSPS) is 16.8. The van der Waals surface area contributed by atoms with E-state index in [1.807, 2.05) is 38.1 Å². The van der Waals surface area contributed by atoms with Gasteiger partial charge in [0.15, 0.2) is 0 Å². The van der Waals surface area contributed by atoms with Gasteiger partial charge in [-0.25, -0.2) is 0 Å². The Bertz CT molecular complexity index is 846. The zero-order valence-electron chi connectivity index (χ0n) is 13.4. The second-order valence-electron chi connectivity index (χ2n) is 5.39. The molecule has 3 rings (SSSR count). The van der Waals surface area contributed by atoms with Gasteiger partial charge in [-0.05, 0) is 32.0 Å². The molecule has 1 unspecified atom stereocenters. The molecule has 0 bridgehead atoms. The lowest BCUT2D eigenvalue weighted by Gasteiger charge is -2.16. The SMILES string of the molecule is CCOc1cc(Cl)cc(Cl)c1C1=NC(N)C(C)=Nc2ccccc21. The van der Waals surface area contributed by atoms with E-state index in [0.717, 1.165) is 17.0 Å². The molecule has 0 spiro atoms. The minimum absolute atomic E-state index is 0.464. The largest absolute Gasteiger partial charge is 0.493 e. The first-order valence-electron chi connectivity index (χ1n) is 7.61. The van der Waals surface area contributed by atoms with Crippen LogP contribution in [0.4, 0.5) is 5.69 Å². The lowest BCUT2D eigenvalue weighted by molar-refractivity contribution is 0.339. The first kappa shape index (κ1) is 17.0. The van der Waals surface area contributed by atoms with Gasteiger partial charge in [-0.1, -0.05) is 41.4 Å². The van der Waals surface area contributed by atoms with E-state index in [0.29, 0.717) is 33.7 Å². The van der Waals surface area contributed by atoms with E-state index in [-0.39, 0.29) is 0 Å². The highest BCUT2D eigenvalue weighted by atomic mass is 35.5. The molecule has 6 heteroatoms. The van der Waals surface area contributed by atoms with E-state index in [9.17, 15) is 0 Å². The van der Waals surface area contributed by atoms with Gasteiger partial charge in [0.1, 0.15) is 11.9 Å². The molecule has 124 valence electrons. The molecule has 0 fully saturated rings. The Morgan fingerprint density at radius 2 is 1.96 bits per heavy atom. The van der Waals surface area contributed by atoms with Crippen LogP contribution < -0.4 is 10.5 Å². The summed E-state index contributed by atoms with van der Waals surface area (Å²) in [6.07, 6.45) is -0.548. The summed E-state index contributed by atoms with van der Waals surface area (Å²) in [6.45, 7) is 4.25. The van der Waals surface area contributed by atoms with Crippen LogP contribution in [0.15, 0.2) is 46.4 Å². The number of para-hydroxylation sites is 1. The maximum atomic E-state index is 6.48. The van der Waals surface area contributed by atoms with Gasteiger partial charge in [-0.2, -0.15) is 0 Å². The third-order valence-electron chi connectivity index (χ3n) is 3.71. The van der Waals surface area contributed by atoms with Crippen molar-refractivity contribution >= 4 is 40.3 Å². The highest BCUT2D eigenvalue weighted by molar-refractivity contribution is 6.39. The summed E-state index contributed by atoms with van der Waals surface area (Å²) in [5, 5.41) is 0.970. The molecule has 1 aliphatic heterocycles. The van der Waals surface area contributed by atoms with Gasteiger partial charge < -0.3 is 10.5 Å². The molecule has 0 saturated heterocycles. The van der Waals surface area contributed by atoms with E-state index in [1.54, 1.807) is 12.1 Å². The molecule has 24 heavy (non-hydrogen) atoms. The number of benzene rings is 2. The summed E-state index contributed by atoms with van der Waals surface area (Å²) < 4.78 is 5.74. The molecule has 1 atom stereocenters. The molecule has 2 N–H and O–H groups in total. The number of aliphatic imine (C=N–C) groups is 2. The standard InChI is InChI=1S/C18H17Cl2N3O/c1-3-24-15-9-11(19)8-13(20)16(15)17-12-6-4-5-7-14(12)22-10(2)18(21)23-17/h4-9,18H,3,21H2,1-2H3. The zero-order chi connectivity index (χ0) is 17.3. The molecule has 1 aliphatic rings. The van der Waals surface area contributed by atoms with Crippen molar-refractivity contribution in [1.29, 1.82) is 0 Å². The smallest absolute Gasteiger partial charge is 0.136 e. The molecule has 4 nitrogen and oxygen atoms in total. The minimum atomic E-state index is -0.548. The Kier molecular flexibility index (Phi) is 4.90. The van der Waals surface area contributed by atoms with Gasteiger partial charge in [0.2, 0.25) is 0 Å². The van der Waals surface area contributed by atoms with Crippen molar-refractivity contribution in [3.63, 3.8) is 0 Å². The molecule has 0 amide bonds. The number of nitrogens with zero attached hydrogens (tertiary/aromatic N) is 2. The highest BCUT2D eigenvalue weighted by Gasteiger charge is 2.23. The Morgan fingerprint density at radius 1 is 1.21 bits per heavy atom. The molecular formula is C18H17Cl2N3O. The average Bonchev–Trinajstić information content (AvgIpc) is 2.65.